The summed E-state index contributed by atoms with van der Waals surface area (Å²) in [6.45, 7) is 3.86. The molecule has 6 heteroatoms. The highest BCUT2D eigenvalue weighted by Crippen LogP contribution is 2.23. The number of aromatic amines is 1. The van der Waals surface area contributed by atoms with E-state index in [1.54, 1.807) is 11.3 Å². The summed E-state index contributed by atoms with van der Waals surface area (Å²) >= 11 is 1.61. The maximum Gasteiger partial charge on any atom is 0.200 e. The van der Waals surface area contributed by atoms with Crippen molar-refractivity contribution in [2.45, 2.75) is 13.8 Å². The largest absolute Gasteiger partial charge is 0.287 e. The molecular weight excluding hydrogens is 210 g/mol. The quantitative estimate of drug-likeness (QED) is 0.679. The van der Waals surface area contributed by atoms with Gasteiger partial charge in [-0.15, -0.1) is 11.3 Å². The average Bonchev–Trinajstić information content (AvgIpc) is 2.81. The van der Waals surface area contributed by atoms with E-state index in [1.165, 1.54) is 0 Å². The molecule has 0 aliphatic rings. The van der Waals surface area contributed by atoms with Gasteiger partial charge in [-0.05, 0) is 13.8 Å². The monoisotopic (exact) mass is 219 g/mol. The predicted octanol–water partition coefficient (Wildman–Crippen LogP) is 1.80. The summed E-state index contributed by atoms with van der Waals surface area (Å²) in [5.74, 6) is 1.52. The van der Waals surface area contributed by atoms with Crippen LogP contribution in [-0.2, 0) is 0 Å². The van der Waals surface area contributed by atoms with Crippen LogP contribution in [0, 0.1) is 13.8 Å². The number of nitrogens with one attached hydrogen (secondary N) is 1. The zero-order valence-electron chi connectivity index (χ0n) is 8.35. The molecule has 3 aromatic rings. The van der Waals surface area contributed by atoms with Crippen LogP contribution < -0.4 is 0 Å². The summed E-state index contributed by atoms with van der Waals surface area (Å²) in [5.41, 5.74) is 1.93. The number of aryl methyl sites for hydroxylation is 2. The number of hydrogen-bond donors (Lipinski definition) is 1. The second-order valence-electron chi connectivity index (χ2n) is 3.35. The molecule has 0 fully saturated rings. The lowest BCUT2D eigenvalue weighted by atomic mass is 10.3. The van der Waals surface area contributed by atoms with E-state index in [0.717, 1.165) is 22.2 Å². The number of aromatic nitrogens is 5. The topological polar surface area (TPSA) is 58.9 Å². The molecule has 0 aliphatic carbocycles. The van der Waals surface area contributed by atoms with Crippen LogP contribution >= 0.6 is 11.3 Å². The van der Waals surface area contributed by atoms with Gasteiger partial charge in [0.2, 0.25) is 0 Å². The Labute approximate surface area is 89.8 Å². The lowest BCUT2D eigenvalue weighted by Crippen LogP contribution is -1.88. The van der Waals surface area contributed by atoms with Crippen molar-refractivity contribution in [2.24, 2.45) is 0 Å². The molecule has 0 atom stereocenters. The Hall–Kier alpha value is -1.69. The highest BCUT2D eigenvalue weighted by atomic mass is 32.1. The van der Waals surface area contributed by atoms with E-state index in [9.17, 15) is 0 Å². The van der Waals surface area contributed by atoms with Gasteiger partial charge >= 0.3 is 0 Å². The molecule has 3 heterocycles. The number of hydrogen-bond acceptors (Lipinski definition) is 4. The van der Waals surface area contributed by atoms with E-state index in [-0.39, 0.29) is 0 Å². The van der Waals surface area contributed by atoms with Crippen LogP contribution in [0.1, 0.15) is 11.5 Å². The SMILES string of the molecule is Cc1nc(-c2c(C)nc3sccn23)n[nH]1. The first-order valence-corrected chi connectivity index (χ1v) is 5.45. The number of fused-ring (bicyclic) bond motifs is 1. The highest BCUT2D eigenvalue weighted by molar-refractivity contribution is 7.15. The third kappa shape index (κ3) is 1.18. The molecule has 76 valence electrons. The van der Waals surface area contributed by atoms with Gasteiger partial charge in [-0.25, -0.2) is 9.97 Å². The second kappa shape index (κ2) is 2.90. The lowest BCUT2D eigenvalue weighted by molar-refractivity contribution is 1.03. The molecule has 0 radical (unpaired) electrons. The highest BCUT2D eigenvalue weighted by Gasteiger charge is 2.14. The average molecular weight is 219 g/mol. The van der Waals surface area contributed by atoms with Crippen LogP contribution in [0.3, 0.4) is 0 Å². The molecule has 0 saturated carbocycles. The molecule has 0 bridgehead atoms. The third-order valence-corrected chi connectivity index (χ3v) is 3.00. The molecule has 3 rings (SSSR count). The first kappa shape index (κ1) is 8.60. The maximum absolute atomic E-state index is 4.45. The van der Waals surface area contributed by atoms with Gasteiger partial charge in [0.15, 0.2) is 10.8 Å². The van der Waals surface area contributed by atoms with E-state index in [4.69, 9.17) is 0 Å². The Kier molecular flexibility index (Phi) is 1.66. The normalized spacial score (nSPS) is 11.3. The fraction of sp³-hybridized carbons (Fsp3) is 0.222. The van der Waals surface area contributed by atoms with E-state index < -0.39 is 0 Å². The molecule has 0 aromatic carbocycles. The smallest absolute Gasteiger partial charge is 0.200 e. The van der Waals surface area contributed by atoms with Crippen LogP contribution in [0.4, 0.5) is 0 Å². The Morgan fingerprint density at radius 3 is 2.93 bits per heavy atom. The number of rotatable bonds is 1. The van der Waals surface area contributed by atoms with Crippen molar-refractivity contribution in [1.29, 1.82) is 0 Å². The minimum atomic E-state index is 0.705. The number of imidazole rings is 1. The molecule has 5 nitrogen and oxygen atoms in total. The molecular formula is C9H9N5S. The van der Waals surface area contributed by atoms with Gasteiger partial charge in [0, 0.05) is 11.6 Å². The van der Waals surface area contributed by atoms with Gasteiger partial charge in [-0.2, -0.15) is 5.10 Å². The minimum Gasteiger partial charge on any atom is -0.287 e. The van der Waals surface area contributed by atoms with Crippen molar-refractivity contribution in [3.05, 3.63) is 23.1 Å². The number of H-pyrrole nitrogens is 1. The Balaban J connectivity index is 2.33. The van der Waals surface area contributed by atoms with E-state index in [2.05, 4.69) is 20.2 Å². The van der Waals surface area contributed by atoms with Crippen LogP contribution in [0.25, 0.3) is 16.5 Å². The fourth-order valence-corrected chi connectivity index (χ4v) is 2.37. The van der Waals surface area contributed by atoms with E-state index in [0.29, 0.717) is 5.82 Å². The van der Waals surface area contributed by atoms with Crippen LogP contribution in [0.15, 0.2) is 11.6 Å². The van der Waals surface area contributed by atoms with Gasteiger partial charge in [0.25, 0.3) is 0 Å². The first-order valence-electron chi connectivity index (χ1n) is 4.57. The van der Waals surface area contributed by atoms with Gasteiger partial charge in [-0.3, -0.25) is 9.50 Å². The van der Waals surface area contributed by atoms with Gasteiger partial charge in [0.1, 0.15) is 11.5 Å². The summed E-state index contributed by atoms with van der Waals surface area (Å²) in [7, 11) is 0. The maximum atomic E-state index is 4.45. The summed E-state index contributed by atoms with van der Waals surface area (Å²) in [6, 6.07) is 0. The van der Waals surface area contributed by atoms with Gasteiger partial charge < -0.3 is 0 Å². The molecule has 0 amide bonds. The van der Waals surface area contributed by atoms with Crippen LogP contribution in [-0.4, -0.2) is 24.6 Å². The molecule has 0 aliphatic heterocycles. The van der Waals surface area contributed by atoms with Crippen molar-refractivity contribution in [2.75, 3.05) is 0 Å². The Morgan fingerprint density at radius 2 is 2.20 bits per heavy atom. The fourth-order valence-electron chi connectivity index (χ4n) is 1.61. The van der Waals surface area contributed by atoms with Crippen molar-refractivity contribution in [3.63, 3.8) is 0 Å². The van der Waals surface area contributed by atoms with Crippen molar-refractivity contribution < 1.29 is 0 Å². The molecule has 3 aromatic heterocycles. The molecule has 0 spiro atoms. The molecule has 1 N–H and O–H groups in total. The van der Waals surface area contributed by atoms with E-state index in [1.807, 2.05) is 29.8 Å². The second-order valence-corrected chi connectivity index (χ2v) is 4.22. The van der Waals surface area contributed by atoms with Crippen molar-refractivity contribution in [3.8, 4) is 11.5 Å². The standard InChI is InChI=1S/C9H9N5S/c1-5-7(8-11-6(2)12-13-8)14-3-4-15-9(14)10-5/h3-4H,1-2H3,(H,11,12,13). The molecule has 0 saturated heterocycles. The number of thiazole rings is 1. The molecule has 15 heavy (non-hydrogen) atoms. The zero-order valence-corrected chi connectivity index (χ0v) is 9.17. The van der Waals surface area contributed by atoms with Gasteiger partial charge in [0.05, 0.1) is 5.69 Å². The minimum absolute atomic E-state index is 0.705. The van der Waals surface area contributed by atoms with E-state index >= 15 is 0 Å². The third-order valence-electron chi connectivity index (χ3n) is 2.25. The number of nitrogens with zero attached hydrogens (tertiary/aromatic N) is 4. The van der Waals surface area contributed by atoms with Crippen molar-refractivity contribution >= 4 is 16.3 Å². The molecule has 0 unspecified atom stereocenters. The summed E-state index contributed by atoms with van der Waals surface area (Å²) < 4.78 is 2.02. The van der Waals surface area contributed by atoms with Crippen molar-refractivity contribution in [1.82, 2.24) is 24.6 Å². The van der Waals surface area contributed by atoms with Gasteiger partial charge in [-0.1, -0.05) is 0 Å². The summed E-state index contributed by atoms with van der Waals surface area (Å²) in [4.78, 5) is 9.74. The first-order chi connectivity index (χ1) is 7.25. The zero-order chi connectivity index (χ0) is 10.4. The lowest BCUT2D eigenvalue weighted by Gasteiger charge is -1.93. The summed E-state index contributed by atoms with van der Waals surface area (Å²) in [6.07, 6.45) is 1.99. The van der Waals surface area contributed by atoms with Crippen LogP contribution in [0.5, 0.6) is 0 Å². The predicted molar refractivity (Wildman–Crippen MR) is 57.9 cm³/mol. The Morgan fingerprint density at radius 1 is 1.33 bits per heavy atom. The van der Waals surface area contributed by atoms with Crippen LogP contribution in [0.2, 0.25) is 0 Å². The Bertz CT molecular complexity index is 617. The summed E-state index contributed by atoms with van der Waals surface area (Å²) in [5, 5.41) is 9.00.